The van der Waals surface area contributed by atoms with Crippen LogP contribution in [0.25, 0.3) is 0 Å². The quantitative estimate of drug-likeness (QED) is 0.579. The van der Waals surface area contributed by atoms with E-state index in [-0.39, 0.29) is 0 Å². The number of hydrogen-bond acceptors (Lipinski definition) is 4. The Morgan fingerprint density at radius 2 is 1.76 bits per heavy atom. The Bertz CT molecular complexity index is 432. The van der Waals surface area contributed by atoms with Gasteiger partial charge in [0.2, 0.25) is 0 Å². The SMILES string of the molecule is Cc1ccccc1NC(=O)[C@H](O)[C@H](O)C(=O)O. The summed E-state index contributed by atoms with van der Waals surface area (Å²) in [4.78, 5) is 21.8. The van der Waals surface area contributed by atoms with Gasteiger partial charge >= 0.3 is 5.97 Å². The van der Waals surface area contributed by atoms with Gasteiger partial charge < -0.3 is 20.6 Å². The zero-order valence-electron chi connectivity index (χ0n) is 9.12. The van der Waals surface area contributed by atoms with Crippen molar-refractivity contribution >= 4 is 17.6 Å². The molecule has 1 rings (SSSR count). The molecule has 0 saturated heterocycles. The van der Waals surface area contributed by atoms with Crippen LogP contribution in [0.1, 0.15) is 5.56 Å². The lowest BCUT2D eigenvalue weighted by molar-refractivity contribution is -0.156. The van der Waals surface area contributed by atoms with Gasteiger partial charge in [0, 0.05) is 5.69 Å². The second kappa shape index (κ2) is 5.42. The number of carbonyl (C=O) groups excluding carboxylic acids is 1. The second-order valence-electron chi connectivity index (χ2n) is 3.53. The van der Waals surface area contributed by atoms with Crippen LogP contribution in [0.3, 0.4) is 0 Å². The first kappa shape index (κ1) is 13.1. The summed E-state index contributed by atoms with van der Waals surface area (Å²) in [6.07, 6.45) is -4.15. The molecule has 4 N–H and O–H groups in total. The Kier molecular flexibility index (Phi) is 4.19. The van der Waals surface area contributed by atoms with E-state index >= 15 is 0 Å². The highest BCUT2D eigenvalue weighted by molar-refractivity contribution is 5.97. The molecule has 0 aliphatic carbocycles. The van der Waals surface area contributed by atoms with Crippen molar-refractivity contribution in [3.05, 3.63) is 29.8 Å². The fourth-order valence-electron chi connectivity index (χ4n) is 1.20. The topological polar surface area (TPSA) is 107 Å². The summed E-state index contributed by atoms with van der Waals surface area (Å²) in [6, 6.07) is 6.80. The molecule has 6 heteroatoms. The molecule has 0 heterocycles. The highest BCUT2D eigenvalue weighted by atomic mass is 16.4. The Balaban J connectivity index is 2.73. The van der Waals surface area contributed by atoms with E-state index in [1.165, 1.54) is 0 Å². The lowest BCUT2D eigenvalue weighted by Crippen LogP contribution is -2.42. The third-order valence-electron chi connectivity index (χ3n) is 2.22. The van der Waals surface area contributed by atoms with E-state index in [1.807, 2.05) is 0 Å². The van der Waals surface area contributed by atoms with Crippen molar-refractivity contribution in [1.82, 2.24) is 0 Å². The van der Waals surface area contributed by atoms with Crippen molar-refractivity contribution in [1.29, 1.82) is 0 Å². The van der Waals surface area contributed by atoms with E-state index in [9.17, 15) is 14.7 Å². The summed E-state index contributed by atoms with van der Waals surface area (Å²) in [5, 5.41) is 29.0. The molecular weight excluding hydrogens is 226 g/mol. The molecule has 17 heavy (non-hydrogen) atoms. The minimum Gasteiger partial charge on any atom is -0.479 e. The molecule has 0 unspecified atom stereocenters. The van der Waals surface area contributed by atoms with E-state index in [4.69, 9.17) is 10.2 Å². The van der Waals surface area contributed by atoms with Crippen LogP contribution in [0.5, 0.6) is 0 Å². The van der Waals surface area contributed by atoms with E-state index in [0.717, 1.165) is 5.56 Å². The predicted molar refractivity (Wildman–Crippen MR) is 59.5 cm³/mol. The first-order valence-electron chi connectivity index (χ1n) is 4.89. The number of para-hydroxylation sites is 1. The number of carbonyl (C=O) groups is 2. The fourth-order valence-corrected chi connectivity index (χ4v) is 1.20. The maximum Gasteiger partial charge on any atom is 0.335 e. The monoisotopic (exact) mass is 239 g/mol. The molecule has 92 valence electrons. The summed E-state index contributed by atoms with van der Waals surface area (Å²) >= 11 is 0. The molecule has 0 aromatic heterocycles. The Hall–Kier alpha value is -1.92. The van der Waals surface area contributed by atoms with Crippen LogP contribution in [-0.2, 0) is 9.59 Å². The summed E-state index contributed by atoms with van der Waals surface area (Å²) in [7, 11) is 0. The van der Waals surface area contributed by atoms with Crippen LogP contribution in [0.2, 0.25) is 0 Å². The number of nitrogens with one attached hydrogen (secondary N) is 1. The number of amides is 1. The number of carboxylic acids is 1. The minimum atomic E-state index is -2.14. The van der Waals surface area contributed by atoms with Gasteiger partial charge in [0.05, 0.1) is 0 Å². The van der Waals surface area contributed by atoms with Gasteiger partial charge in [-0.1, -0.05) is 18.2 Å². The lowest BCUT2D eigenvalue weighted by Gasteiger charge is -2.14. The molecule has 2 atom stereocenters. The Morgan fingerprint density at radius 1 is 1.18 bits per heavy atom. The molecule has 0 bridgehead atoms. The molecule has 1 aromatic rings. The first-order chi connectivity index (χ1) is 7.93. The van der Waals surface area contributed by atoms with Crippen molar-refractivity contribution < 1.29 is 24.9 Å². The van der Waals surface area contributed by atoms with Gasteiger partial charge in [0.15, 0.2) is 12.2 Å². The highest BCUT2D eigenvalue weighted by Crippen LogP contribution is 2.13. The summed E-state index contributed by atoms with van der Waals surface area (Å²) in [5.41, 5.74) is 1.21. The third-order valence-corrected chi connectivity index (χ3v) is 2.22. The standard InChI is InChI=1S/C11H13NO5/c1-6-4-2-3-5-7(6)12-10(15)8(13)9(14)11(16)17/h2-5,8-9,13-14H,1H3,(H,12,15)(H,16,17)/t8-,9+/m1/s1. The van der Waals surface area contributed by atoms with Crippen LogP contribution in [0.4, 0.5) is 5.69 Å². The first-order valence-corrected chi connectivity index (χ1v) is 4.89. The molecule has 6 nitrogen and oxygen atoms in total. The van der Waals surface area contributed by atoms with Gasteiger partial charge in [-0.15, -0.1) is 0 Å². The van der Waals surface area contributed by atoms with Crippen LogP contribution < -0.4 is 5.32 Å². The smallest absolute Gasteiger partial charge is 0.335 e. The zero-order chi connectivity index (χ0) is 13.0. The summed E-state index contributed by atoms with van der Waals surface area (Å²) in [6.45, 7) is 1.75. The van der Waals surface area contributed by atoms with Gasteiger partial charge in [-0.2, -0.15) is 0 Å². The third kappa shape index (κ3) is 3.27. The number of anilines is 1. The molecule has 1 aromatic carbocycles. The van der Waals surface area contributed by atoms with Crippen LogP contribution in [0.15, 0.2) is 24.3 Å². The zero-order valence-corrected chi connectivity index (χ0v) is 9.12. The van der Waals surface area contributed by atoms with Crippen LogP contribution >= 0.6 is 0 Å². The number of carboxylic acid groups (broad SMARTS) is 1. The Morgan fingerprint density at radius 3 is 2.29 bits per heavy atom. The van der Waals surface area contributed by atoms with Gasteiger partial charge in [-0.25, -0.2) is 4.79 Å². The number of hydrogen-bond donors (Lipinski definition) is 4. The number of rotatable bonds is 4. The molecule has 0 radical (unpaired) electrons. The van der Waals surface area contributed by atoms with E-state index in [0.29, 0.717) is 5.69 Å². The van der Waals surface area contributed by atoms with E-state index < -0.39 is 24.1 Å². The summed E-state index contributed by atoms with van der Waals surface area (Å²) < 4.78 is 0. The normalized spacial score (nSPS) is 13.8. The van der Waals surface area contributed by atoms with Gasteiger partial charge in [-0.05, 0) is 18.6 Å². The predicted octanol–water partition coefficient (Wildman–Crippen LogP) is -0.260. The molecule has 0 fully saturated rings. The van der Waals surface area contributed by atoms with Crippen LogP contribution in [0, 0.1) is 6.92 Å². The summed E-state index contributed by atoms with van der Waals surface area (Å²) in [5.74, 6) is -2.62. The minimum absolute atomic E-state index is 0.453. The Labute approximate surface area is 97.5 Å². The van der Waals surface area contributed by atoms with Crippen molar-refractivity contribution in [2.24, 2.45) is 0 Å². The van der Waals surface area contributed by atoms with Crippen molar-refractivity contribution in [3.63, 3.8) is 0 Å². The maximum atomic E-state index is 11.4. The number of aliphatic hydroxyl groups excluding tert-OH is 2. The molecule has 1 amide bonds. The van der Waals surface area contributed by atoms with Crippen LogP contribution in [-0.4, -0.2) is 39.4 Å². The lowest BCUT2D eigenvalue weighted by atomic mass is 10.1. The van der Waals surface area contributed by atoms with E-state index in [1.54, 1.807) is 31.2 Å². The van der Waals surface area contributed by atoms with Gasteiger partial charge in [0.1, 0.15) is 0 Å². The average Bonchev–Trinajstić information content (AvgIpc) is 2.30. The number of aliphatic carboxylic acids is 1. The van der Waals surface area contributed by atoms with Crippen molar-refractivity contribution in [2.45, 2.75) is 19.1 Å². The molecule has 0 spiro atoms. The van der Waals surface area contributed by atoms with Crippen molar-refractivity contribution in [2.75, 3.05) is 5.32 Å². The molecular formula is C11H13NO5. The largest absolute Gasteiger partial charge is 0.479 e. The maximum absolute atomic E-state index is 11.4. The molecule has 0 aliphatic rings. The number of benzene rings is 1. The second-order valence-corrected chi connectivity index (χ2v) is 3.53. The van der Waals surface area contributed by atoms with Crippen molar-refractivity contribution in [3.8, 4) is 0 Å². The highest BCUT2D eigenvalue weighted by Gasteiger charge is 2.30. The van der Waals surface area contributed by atoms with E-state index in [2.05, 4.69) is 5.32 Å². The number of aryl methyl sites for hydroxylation is 1. The van der Waals surface area contributed by atoms with Gasteiger partial charge in [0.25, 0.3) is 5.91 Å². The molecule has 0 saturated carbocycles. The number of aliphatic hydroxyl groups is 2. The van der Waals surface area contributed by atoms with Gasteiger partial charge in [-0.3, -0.25) is 4.79 Å². The molecule has 0 aliphatic heterocycles. The fraction of sp³-hybridized carbons (Fsp3) is 0.273. The average molecular weight is 239 g/mol.